The van der Waals surface area contributed by atoms with Crippen LogP contribution in [0.5, 0.6) is 0 Å². The van der Waals surface area contributed by atoms with Gasteiger partial charge in [0, 0.05) is 26.1 Å². The van der Waals surface area contributed by atoms with Crippen LogP contribution in [0.25, 0.3) is 0 Å². The Morgan fingerprint density at radius 1 is 1.40 bits per heavy atom. The van der Waals surface area contributed by atoms with Gasteiger partial charge in [0.2, 0.25) is 15.9 Å². The van der Waals surface area contributed by atoms with E-state index in [2.05, 4.69) is 10.1 Å². The molecule has 20 heavy (non-hydrogen) atoms. The smallest absolute Gasteiger partial charge is 0.325 e. The SMILES string of the molecule is COC(=O)C(C)S(=O)(=O)N1CCC2(CC1)CNC(=O)C2. The fourth-order valence-electron chi connectivity index (χ4n) is 2.83. The molecule has 2 fully saturated rings. The summed E-state index contributed by atoms with van der Waals surface area (Å²) in [5.74, 6) is -0.716. The summed E-state index contributed by atoms with van der Waals surface area (Å²) in [6, 6.07) is 0. The average molecular weight is 304 g/mol. The van der Waals surface area contributed by atoms with Crippen LogP contribution in [-0.4, -0.2) is 56.6 Å². The van der Waals surface area contributed by atoms with E-state index in [1.54, 1.807) is 0 Å². The van der Waals surface area contributed by atoms with Gasteiger partial charge in [-0.3, -0.25) is 9.59 Å². The largest absolute Gasteiger partial charge is 0.468 e. The predicted octanol–water partition coefficient (Wildman–Crippen LogP) is -0.520. The van der Waals surface area contributed by atoms with Crippen molar-refractivity contribution in [3.05, 3.63) is 0 Å². The number of amides is 1. The van der Waals surface area contributed by atoms with Crippen molar-refractivity contribution >= 4 is 21.9 Å². The van der Waals surface area contributed by atoms with Crippen molar-refractivity contribution in [2.45, 2.75) is 31.4 Å². The zero-order valence-electron chi connectivity index (χ0n) is 11.7. The fourth-order valence-corrected chi connectivity index (χ4v) is 4.31. The lowest BCUT2D eigenvalue weighted by molar-refractivity contribution is -0.139. The van der Waals surface area contributed by atoms with E-state index in [1.807, 2.05) is 0 Å². The van der Waals surface area contributed by atoms with E-state index in [4.69, 9.17) is 0 Å². The van der Waals surface area contributed by atoms with Crippen LogP contribution >= 0.6 is 0 Å². The third-order valence-corrected chi connectivity index (χ3v) is 6.49. The molecule has 1 unspecified atom stereocenters. The summed E-state index contributed by atoms with van der Waals surface area (Å²) >= 11 is 0. The molecule has 1 amide bonds. The second-order valence-corrected chi connectivity index (χ2v) is 7.82. The Morgan fingerprint density at radius 2 is 2.00 bits per heavy atom. The van der Waals surface area contributed by atoms with E-state index in [0.717, 1.165) is 0 Å². The maximum absolute atomic E-state index is 12.3. The van der Waals surface area contributed by atoms with E-state index in [0.29, 0.717) is 38.9 Å². The molecule has 2 saturated heterocycles. The van der Waals surface area contributed by atoms with Gasteiger partial charge in [0.05, 0.1) is 7.11 Å². The van der Waals surface area contributed by atoms with Crippen molar-refractivity contribution in [3.63, 3.8) is 0 Å². The molecule has 0 bridgehead atoms. The van der Waals surface area contributed by atoms with E-state index < -0.39 is 21.2 Å². The molecule has 0 radical (unpaired) electrons. The van der Waals surface area contributed by atoms with E-state index >= 15 is 0 Å². The molecule has 0 aromatic carbocycles. The van der Waals surface area contributed by atoms with E-state index in [-0.39, 0.29) is 11.3 Å². The van der Waals surface area contributed by atoms with Gasteiger partial charge in [-0.25, -0.2) is 12.7 Å². The molecule has 2 heterocycles. The Morgan fingerprint density at radius 3 is 2.45 bits per heavy atom. The normalized spacial score (nSPS) is 24.4. The fraction of sp³-hybridized carbons (Fsp3) is 0.833. The number of piperidine rings is 1. The van der Waals surface area contributed by atoms with Gasteiger partial charge >= 0.3 is 5.97 Å². The van der Waals surface area contributed by atoms with Gasteiger partial charge in [-0.2, -0.15) is 0 Å². The van der Waals surface area contributed by atoms with Gasteiger partial charge in [0.25, 0.3) is 0 Å². The zero-order chi connectivity index (χ0) is 15.0. The molecule has 0 aromatic heterocycles. The van der Waals surface area contributed by atoms with E-state index in [1.165, 1.54) is 18.3 Å². The molecule has 1 atom stereocenters. The van der Waals surface area contributed by atoms with Gasteiger partial charge in [-0.15, -0.1) is 0 Å². The molecule has 2 rings (SSSR count). The van der Waals surface area contributed by atoms with Crippen molar-refractivity contribution in [1.82, 2.24) is 9.62 Å². The van der Waals surface area contributed by atoms with Crippen LogP contribution < -0.4 is 5.32 Å². The number of nitrogens with zero attached hydrogens (tertiary/aromatic N) is 1. The van der Waals surface area contributed by atoms with Crippen LogP contribution in [0.3, 0.4) is 0 Å². The molecule has 2 aliphatic heterocycles. The quantitative estimate of drug-likeness (QED) is 0.708. The number of esters is 1. The summed E-state index contributed by atoms with van der Waals surface area (Å²) in [5, 5.41) is 1.61. The van der Waals surface area contributed by atoms with Crippen LogP contribution in [0.15, 0.2) is 0 Å². The minimum atomic E-state index is -3.68. The van der Waals surface area contributed by atoms with Crippen molar-refractivity contribution < 1.29 is 22.7 Å². The monoisotopic (exact) mass is 304 g/mol. The summed E-state index contributed by atoms with van der Waals surface area (Å²) < 4.78 is 30.4. The summed E-state index contributed by atoms with van der Waals surface area (Å²) in [7, 11) is -2.50. The lowest BCUT2D eigenvalue weighted by Crippen LogP contribution is -2.48. The highest BCUT2D eigenvalue weighted by atomic mass is 32.2. The van der Waals surface area contributed by atoms with Crippen molar-refractivity contribution in [2.75, 3.05) is 26.7 Å². The highest BCUT2D eigenvalue weighted by Gasteiger charge is 2.44. The molecule has 2 aliphatic rings. The lowest BCUT2D eigenvalue weighted by atomic mass is 9.78. The minimum absolute atomic E-state index is 0.0317. The highest BCUT2D eigenvalue weighted by Crippen LogP contribution is 2.38. The maximum Gasteiger partial charge on any atom is 0.325 e. The Balaban J connectivity index is 2.03. The van der Waals surface area contributed by atoms with Gasteiger partial charge in [0.15, 0.2) is 5.25 Å². The number of hydrogen-bond donors (Lipinski definition) is 1. The number of carbonyl (C=O) groups excluding carboxylic acids is 2. The van der Waals surface area contributed by atoms with Crippen LogP contribution in [0.2, 0.25) is 0 Å². The second-order valence-electron chi connectivity index (χ2n) is 5.56. The zero-order valence-corrected chi connectivity index (χ0v) is 12.5. The third kappa shape index (κ3) is 2.67. The molecule has 0 aromatic rings. The standard InChI is InChI=1S/C12H20N2O5S/c1-9(11(16)19-2)20(17,18)14-5-3-12(4-6-14)7-10(15)13-8-12/h9H,3-8H2,1-2H3,(H,13,15). The first-order chi connectivity index (χ1) is 9.31. The minimum Gasteiger partial charge on any atom is -0.468 e. The summed E-state index contributed by atoms with van der Waals surface area (Å²) in [5.41, 5.74) is -0.113. The molecule has 1 N–H and O–H groups in total. The number of carbonyl (C=O) groups is 2. The van der Waals surface area contributed by atoms with Gasteiger partial charge in [-0.1, -0.05) is 0 Å². The molecule has 0 aliphatic carbocycles. The summed E-state index contributed by atoms with van der Waals surface area (Å²) in [4.78, 5) is 22.7. The number of sulfonamides is 1. The van der Waals surface area contributed by atoms with Gasteiger partial charge in [-0.05, 0) is 25.2 Å². The molecule has 8 heteroatoms. The van der Waals surface area contributed by atoms with Gasteiger partial charge < -0.3 is 10.1 Å². The Hall–Kier alpha value is -1.15. The van der Waals surface area contributed by atoms with Crippen molar-refractivity contribution in [3.8, 4) is 0 Å². The molecular weight excluding hydrogens is 284 g/mol. The average Bonchev–Trinajstić information content (AvgIpc) is 2.78. The molecule has 114 valence electrons. The second kappa shape index (κ2) is 5.33. The molecule has 7 nitrogen and oxygen atoms in total. The Labute approximate surface area is 118 Å². The van der Waals surface area contributed by atoms with Crippen LogP contribution in [0.4, 0.5) is 0 Å². The third-order valence-electron chi connectivity index (χ3n) is 4.32. The lowest BCUT2D eigenvalue weighted by Gasteiger charge is -2.38. The van der Waals surface area contributed by atoms with Crippen LogP contribution in [-0.2, 0) is 24.3 Å². The Kier molecular flexibility index (Phi) is 4.06. The Bertz CT molecular complexity index is 508. The first-order valence-electron chi connectivity index (χ1n) is 6.64. The summed E-state index contributed by atoms with van der Waals surface area (Å²) in [6.07, 6.45) is 1.74. The molecular formula is C12H20N2O5S. The first-order valence-corrected chi connectivity index (χ1v) is 8.15. The maximum atomic E-state index is 12.3. The summed E-state index contributed by atoms with van der Waals surface area (Å²) in [6.45, 7) is 2.65. The van der Waals surface area contributed by atoms with Gasteiger partial charge in [0.1, 0.15) is 0 Å². The van der Waals surface area contributed by atoms with Crippen molar-refractivity contribution in [2.24, 2.45) is 5.41 Å². The van der Waals surface area contributed by atoms with Crippen LogP contribution in [0, 0.1) is 5.41 Å². The highest BCUT2D eigenvalue weighted by molar-refractivity contribution is 7.90. The molecule has 1 spiro atoms. The number of rotatable bonds is 3. The first kappa shape index (κ1) is 15.2. The number of hydrogen-bond acceptors (Lipinski definition) is 5. The number of ether oxygens (including phenoxy) is 1. The predicted molar refractivity (Wildman–Crippen MR) is 71.3 cm³/mol. The number of nitrogens with one attached hydrogen (secondary N) is 1. The van der Waals surface area contributed by atoms with Crippen LogP contribution in [0.1, 0.15) is 26.2 Å². The van der Waals surface area contributed by atoms with Crippen molar-refractivity contribution in [1.29, 1.82) is 0 Å². The molecule has 0 saturated carbocycles. The van der Waals surface area contributed by atoms with E-state index in [9.17, 15) is 18.0 Å². The number of methoxy groups -OCH3 is 1. The topological polar surface area (TPSA) is 92.8 Å².